The summed E-state index contributed by atoms with van der Waals surface area (Å²) in [4.78, 5) is 36.2. The molecule has 0 bridgehead atoms. The summed E-state index contributed by atoms with van der Waals surface area (Å²) >= 11 is 2.67. The first-order valence-corrected chi connectivity index (χ1v) is 15.3. The number of carboxylic acid groups (broad SMARTS) is 2. The van der Waals surface area contributed by atoms with Crippen LogP contribution >= 0.6 is 22.7 Å². The van der Waals surface area contributed by atoms with Gasteiger partial charge in [0.05, 0.1) is 44.1 Å². The van der Waals surface area contributed by atoms with Crippen molar-refractivity contribution in [3.05, 3.63) is 45.9 Å². The van der Waals surface area contributed by atoms with Gasteiger partial charge in [-0.3, -0.25) is 14.4 Å². The van der Waals surface area contributed by atoms with Crippen molar-refractivity contribution in [2.45, 2.75) is 39.5 Å². The molecule has 2 N–H and O–H groups in total. The molecule has 0 spiro atoms. The van der Waals surface area contributed by atoms with Crippen LogP contribution in [0.4, 0.5) is 4.39 Å². The Morgan fingerprint density at radius 3 is 2.19 bits per heavy atom. The number of carboxylic acids is 2. The Morgan fingerprint density at radius 2 is 1.51 bits per heavy atom. The third kappa shape index (κ3) is 7.55. The van der Waals surface area contributed by atoms with Gasteiger partial charge in [0.1, 0.15) is 0 Å². The number of hydrogen-bond acceptors (Lipinski definition) is 9. The van der Waals surface area contributed by atoms with E-state index in [1.54, 1.807) is 37.3 Å². The molecule has 4 aromatic rings. The third-order valence-electron chi connectivity index (χ3n) is 6.98. The highest BCUT2D eigenvalue weighted by Gasteiger charge is 2.21. The first-order valence-electron chi connectivity index (χ1n) is 13.7. The van der Waals surface area contributed by atoms with E-state index in [1.165, 1.54) is 43.8 Å². The van der Waals surface area contributed by atoms with Gasteiger partial charge in [-0.05, 0) is 36.4 Å². The summed E-state index contributed by atoms with van der Waals surface area (Å²) < 4.78 is 39.5. The third-order valence-corrected chi connectivity index (χ3v) is 9.26. The number of ether oxygens (including phenoxy) is 4. The van der Waals surface area contributed by atoms with Gasteiger partial charge >= 0.3 is 11.9 Å². The predicted molar refractivity (Wildman–Crippen MR) is 163 cm³/mol. The van der Waals surface area contributed by atoms with Crippen molar-refractivity contribution < 1.29 is 47.9 Å². The van der Waals surface area contributed by atoms with Crippen LogP contribution in [0.5, 0.6) is 23.0 Å². The largest absolute Gasteiger partial charge is 0.493 e. The summed E-state index contributed by atoms with van der Waals surface area (Å²) in [5, 5.41) is 19.4. The summed E-state index contributed by atoms with van der Waals surface area (Å²) in [5.41, 5.74) is 0. The van der Waals surface area contributed by atoms with Crippen LogP contribution in [0.1, 0.15) is 47.7 Å². The number of carbonyl (C=O) groups is 3. The Labute approximate surface area is 255 Å². The monoisotopic (exact) mass is 632 g/mol. The lowest BCUT2D eigenvalue weighted by molar-refractivity contribution is -0.142. The molecule has 9 nitrogen and oxygen atoms in total. The first kappa shape index (κ1) is 32.0. The second-order valence-corrected chi connectivity index (χ2v) is 12.4. The van der Waals surface area contributed by atoms with Crippen LogP contribution < -0.4 is 18.9 Å². The predicted octanol–water partition coefficient (Wildman–Crippen LogP) is 7.07. The number of aryl methyl sites for hydroxylation is 1. The van der Waals surface area contributed by atoms with E-state index < -0.39 is 29.6 Å². The number of thiophene rings is 2. The quantitative estimate of drug-likeness (QED) is 0.0985. The molecule has 0 aliphatic rings. The SMILES string of the molecule is COc1cc2sc(C(=O)C[C@H](C)C(=O)O)cc2cc1OCCCOc1c(OC)cc2sc(CC[C@H](C)C(=O)O)cc2c1F. The number of aliphatic carboxylic acids is 2. The molecule has 0 saturated carbocycles. The number of carbonyl (C=O) groups excluding carboxylic acids is 1. The van der Waals surface area contributed by atoms with Gasteiger partial charge in [0.15, 0.2) is 34.6 Å². The van der Waals surface area contributed by atoms with E-state index in [0.717, 1.165) is 15.0 Å². The standard InChI is InChI=1S/C31H33FO9S2/c1-16(30(34)35)6-7-19-13-20-26(42-19)15-24(39-4)29(28(20)32)41-9-5-8-40-23-11-18-12-27(21(33)10-17(2)31(36)37)43-25(18)14-22(23)38-3/h11-17H,5-10H2,1-4H3,(H,34,35)(H,36,37)/t16-,17-/m0/s1. The summed E-state index contributed by atoms with van der Waals surface area (Å²) in [5.74, 6) is -2.67. The van der Waals surface area contributed by atoms with Gasteiger partial charge in [0.2, 0.25) is 0 Å². The van der Waals surface area contributed by atoms with Crippen LogP contribution in [0.3, 0.4) is 0 Å². The van der Waals surface area contributed by atoms with Gasteiger partial charge in [-0.2, -0.15) is 0 Å². The fourth-order valence-corrected chi connectivity index (χ4v) is 6.51. The lowest BCUT2D eigenvalue weighted by Gasteiger charge is -2.13. The minimum Gasteiger partial charge on any atom is -0.493 e. The molecule has 230 valence electrons. The Hall–Kier alpha value is -3.90. The maximum absolute atomic E-state index is 15.5. The number of fused-ring (bicyclic) bond motifs is 2. The normalized spacial score (nSPS) is 12.7. The Morgan fingerprint density at radius 1 is 0.837 bits per heavy atom. The zero-order valence-corrected chi connectivity index (χ0v) is 25.9. The van der Waals surface area contributed by atoms with Crippen molar-refractivity contribution in [3.8, 4) is 23.0 Å². The number of hydrogen-bond donors (Lipinski definition) is 2. The number of rotatable bonds is 16. The number of ketones is 1. The van der Waals surface area contributed by atoms with Crippen LogP contribution in [-0.2, 0) is 16.0 Å². The second kappa shape index (κ2) is 14.0. The lowest BCUT2D eigenvalue weighted by atomic mass is 10.0. The van der Waals surface area contributed by atoms with E-state index in [0.29, 0.717) is 45.7 Å². The maximum atomic E-state index is 15.5. The maximum Gasteiger partial charge on any atom is 0.306 e. The van der Waals surface area contributed by atoms with Gasteiger partial charge in [0, 0.05) is 44.6 Å². The van der Waals surface area contributed by atoms with Crippen molar-refractivity contribution in [1.82, 2.24) is 0 Å². The fraction of sp³-hybridized carbons (Fsp3) is 0.387. The van der Waals surface area contributed by atoms with E-state index >= 15 is 4.39 Å². The lowest BCUT2D eigenvalue weighted by Crippen LogP contribution is -2.13. The number of methoxy groups -OCH3 is 2. The summed E-state index contributed by atoms with van der Waals surface area (Å²) in [6, 6.07) is 8.72. The molecule has 4 rings (SSSR count). The van der Waals surface area contributed by atoms with E-state index in [1.807, 2.05) is 0 Å². The minimum absolute atomic E-state index is 0.00457. The van der Waals surface area contributed by atoms with E-state index in [4.69, 9.17) is 29.2 Å². The summed E-state index contributed by atoms with van der Waals surface area (Å²) in [6.45, 7) is 3.54. The topological polar surface area (TPSA) is 129 Å². The van der Waals surface area contributed by atoms with Crippen LogP contribution in [-0.4, -0.2) is 55.4 Å². The number of halogens is 1. The number of Topliss-reactive ketones (excluding diaryl/α,β-unsaturated/α-hetero) is 1. The Balaban J connectivity index is 1.39. The van der Waals surface area contributed by atoms with Crippen LogP contribution in [0.15, 0.2) is 30.3 Å². The Bertz CT molecular complexity index is 1640. The van der Waals surface area contributed by atoms with Crippen molar-refractivity contribution in [1.29, 1.82) is 0 Å². The molecular weight excluding hydrogens is 599 g/mol. The Kier molecular flexibility index (Phi) is 10.5. The second-order valence-electron chi connectivity index (χ2n) is 10.2. The van der Waals surface area contributed by atoms with Crippen molar-refractivity contribution >= 4 is 60.6 Å². The van der Waals surface area contributed by atoms with Gasteiger partial charge in [-0.15, -0.1) is 22.7 Å². The minimum atomic E-state index is -1.02. The summed E-state index contributed by atoms with van der Waals surface area (Å²) in [6.07, 6.45) is 1.33. The van der Waals surface area contributed by atoms with E-state index in [9.17, 15) is 14.4 Å². The number of benzene rings is 2. The highest BCUT2D eigenvalue weighted by Crippen LogP contribution is 2.41. The van der Waals surface area contributed by atoms with Crippen molar-refractivity contribution in [3.63, 3.8) is 0 Å². The van der Waals surface area contributed by atoms with Gasteiger partial charge in [0.25, 0.3) is 0 Å². The van der Waals surface area contributed by atoms with Gasteiger partial charge in [-0.25, -0.2) is 4.39 Å². The molecule has 0 aliphatic carbocycles. The molecule has 2 aromatic carbocycles. The molecule has 0 unspecified atom stereocenters. The molecule has 0 radical (unpaired) electrons. The molecule has 2 atom stereocenters. The van der Waals surface area contributed by atoms with Crippen molar-refractivity contribution in [2.24, 2.45) is 11.8 Å². The van der Waals surface area contributed by atoms with Crippen LogP contribution in [0, 0.1) is 17.7 Å². The molecule has 0 aliphatic heterocycles. The molecule has 43 heavy (non-hydrogen) atoms. The average Bonchev–Trinajstić information content (AvgIpc) is 3.59. The molecule has 2 aromatic heterocycles. The van der Waals surface area contributed by atoms with Crippen LogP contribution in [0.2, 0.25) is 0 Å². The smallest absolute Gasteiger partial charge is 0.306 e. The molecule has 0 saturated heterocycles. The zero-order chi connectivity index (χ0) is 31.3. The molecular formula is C31H33FO9S2. The van der Waals surface area contributed by atoms with Crippen molar-refractivity contribution in [2.75, 3.05) is 27.4 Å². The molecule has 12 heteroatoms. The average molecular weight is 633 g/mol. The molecule has 0 amide bonds. The molecule has 2 heterocycles. The first-order chi connectivity index (χ1) is 20.5. The molecule has 0 fully saturated rings. The summed E-state index contributed by atoms with van der Waals surface area (Å²) in [7, 11) is 2.96. The highest BCUT2D eigenvalue weighted by atomic mass is 32.1. The fourth-order valence-electron chi connectivity index (χ4n) is 4.38. The highest BCUT2D eigenvalue weighted by molar-refractivity contribution is 7.21. The van der Waals surface area contributed by atoms with Crippen LogP contribution in [0.25, 0.3) is 20.2 Å². The zero-order valence-electron chi connectivity index (χ0n) is 24.2. The van der Waals surface area contributed by atoms with Gasteiger partial charge in [-0.1, -0.05) is 13.8 Å². The van der Waals surface area contributed by atoms with E-state index in [-0.39, 0.29) is 36.9 Å². The van der Waals surface area contributed by atoms with Gasteiger partial charge < -0.3 is 29.2 Å². The van der Waals surface area contributed by atoms with E-state index in [2.05, 4.69) is 0 Å².